The molecule has 1 aliphatic rings. The molecule has 1 aromatic heterocycles. The first-order chi connectivity index (χ1) is 8.09. The number of aryl methyl sites for hydroxylation is 1. The largest absolute Gasteiger partial charge is 0.477 e. The van der Waals surface area contributed by atoms with Gasteiger partial charge in [0.2, 0.25) is 5.91 Å². The van der Waals surface area contributed by atoms with Gasteiger partial charge in [-0.1, -0.05) is 0 Å². The van der Waals surface area contributed by atoms with E-state index in [-0.39, 0.29) is 16.7 Å². The van der Waals surface area contributed by atoms with Gasteiger partial charge in [-0.3, -0.25) is 4.79 Å². The lowest BCUT2D eigenvalue weighted by Gasteiger charge is -2.10. The lowest BCUT2D eigenvalue weighted by atomic mass is 10.1. The maximum atomic E-state index is 11.9. The first-order valence-corrected chi connectivity index (χ1v) is 7.33. The van der Waals surface area contributed by atoms with Crippen LogP contribution in [0.4, 0.5) is 5.69 Å². The molecule has 1 aliphatic heterocycles. The van der Waals surface area contributed by atoms with E-state index >= 15 is 0 Å². The predicted octanol–water partition coefficient (Wildman–Crippen LogP) is 2.45. The second-order valence-electron chi connectivity index (χ2n) is 3.98. The van der Waals surface area contributed by atoms with E-state index < -0.39 is 5.97 Å². The zero-order valence-electron chi connectivity index (χ0n) is 9.36. The number of anilines is 1. The number of hydrogen-bond donors (Lipinski definition) is 2. The van der Waals surface area contributed by atoms with Crippen molar-refractivity contribution in [2.24, 2.45) is 5.92 Å². The highest BCUT2D eigenvalue weighted by atomic mass is 32.2. The molecular weight excluding hydrogens is 258 g/mol. The first kappa shape index (κ1) is 12.4. The second kappa shape index (κ2) is 5.10. The smallest absolute Gasteiger partial charge is 0.348 e. The number of carbonyl (C=O) groups is 2. The van der Waals surface area contributed by atoms with Crippen molar-refractivity contribution < 1.29 is 14.7 Å². The lowest BCUT2D eigenvalue weighted by Crippen LogP contribution is -2.23. The zero-order chi connectivity index (χ0) is 12.4. The molecule has 6 heteroatoms. The highest BCUT2D eigenvalue weighted by Gasteiger charge is 2.25. The van der Waals surface area contributed by atoms with Crippen LogP contribution in [0.25, 0.3) is 0 Å². The Morgan fingerprint density at radius 2 is 2.29 bits per heavy atom. The number of aromatic carboxylic acids is 1. The van der Waals surface area contributed by atoms with Crippen molar-refractivity contribution >= 4 is 40.7 Å². The summed E-state index contributed by atoms with van der Waals surface area (Å²) >= 11 is 2.91. The predicted molar refractivity (Wildman–Crippen MR) is 70.1 cm³/mol. The third-order valence-electron chi connectivity index (χ3n) is 2.72. The van der Waals surface area contributed by atoms with Crippen LogP contribution in [0, 0.1) is 12.8 Å². The van der Waals surface area contributed by atoms with Crippen LogP contribution in [0.5, 0.6) is 0 Å². The molecule has 1 atom stereocenters. The summed E-state index contributed by atoms with van der Waals surface area (Å²) in [5, 5.41) is 13.5. The van der Waals surface area contributed by atoms with Crippen LogP contribution < -0.4 is 5.32 Å². The SMILES string of the molecule is Cc1csc(C(=O)O)c1NC(=O)C1CCSC1. The van der Waals surface area contributed by atoms with Gasteiger partial charge in [-0.2, -0.15) is 11.8 Å². The van der Waals surface area contributed by atoms with Gasteiger partial charge >= 0.3 is 5.97 Å². The molecule has 1 aromatic rings. The molecule has 0 aliphatic carbocycles. The molecule has 1 unspecified atom stereocenters. The first-order valence-electron chi connectivity index (χ1n) is 5.29. The summed E-state index contributed by atoms with van der Waals surface area (Å²) in [7, 11) is 0. The number of carboxylic acids is 1. The van der Waals surface area contributed by atoms with E-state index in [2.05, 4.69) is 5.32 Å². The summed E-state index contributed by atoms with van der Waals surface area (Å²) < 4.78 is 0. The standard InChI is InChI=1S/C11H13NO3S2/c1-6-4-17-9(11(14)15)8(6)12-10(13)7-2-3-16-5-7/h4,7H,2-3,5H2,1H3,(H,12,13)(H,14,15). The van der Waals surface area contributed by atoms with Gasteiger partial charge in [-0.25, -0.2) is 4.79 Å². The van der Waals surface area contributed by atoms with Gasteiger partial charge in [-0.15, -0.1) is 11.3 Å². The molecule has 1 amide bonds. The van der Waals surface area contributed by atoms with Gasteiger partial charge in [0.1, 0.15) is 4.88 Å². The summed E-state index contributed by atoms with van der Waals surface area (Å²) in [5.41, 5.74) is 1.27. The Balaban J connectivity index is 2.14. The van der Waals surface area contributed by atoms with Crippen LogP contribution in [0.15, 0.2) is 5.38 Å². The summed E-state index contributed by atoms with van der Waals surface area (Å²) in [6, 6.07) is 0. The molecule has 92 valence electrons. The molecule has 4 nitrogen and oxygen atoms in total. The molecule has 0 bridgehead atoms. The number of amides is 1. The molecule has 0 radical (unpaired) electrons. The van der Waals surface area contributed by atoms with Crippen molar-refractivity contribution in [1.82, 2.24) is 0 Å². The molecule has 2 heterocycles. The number of hydrogen-bond acceptors (Lipinski definition) is 4. The van der Waals surface area contributed by atoms with E-state index in [4.69, 9.17) is 5.11 Å². The Kier molecular flexibility index (Phi) is 3.73. The number of thiophene rings is 1. The number of nitrogens with one attached hydrogen (secondary N) is 1. The number of thioether (sulfide) groups is 1. The van der Waals surface area contributed by atoms with Gasteiger partial charge in [0.15, 0.2) is 0 Å². The van der Waals surface area contributed by atoms with Gasteiger partial charge in [0.25, 0.3) is 0 Å². The Labute approximate surface area is 107 Å². The topological polar surface area (TPSA) is 66.4 Å². The van der Waals surface area contributed by atoms with E-state index in [1.807, 2.05) is 6.92 Å². The number of carbonyl (C=O) groups excluding carboxylic acids is 1. The molecule has 2 rings (SSSR count). The molecule has 17 heavy (non-hydrogen) atoms. The van der Waals surface area contributed by atoms with Crippen molar-refractivity contribution in [2.45, 2.75) is 13.3 Å². The van der Waals surface area contributed by atoms with E-state index in [0.717, 1.165) is 34.8 Å². The molecule has 1 fully saturated rings. The minimum Gasteiger partial charge on any atom is -0.477 e. The van der Waals surface area contributed by atoms with E-state index in [9.17, 15) is 9.59 Å². The van der Waals surface area contributed by atoms with Crippen LogP contribution in [-0.2, 0) is 4.79 Å². The summed E-state index contributed by atoms with van der Waals surface area (Å²) in [6.07, 6.45) is 0.877. The van der Waals surface area contributed by atoms with Crippen LogP contribution in [0.1, 0.15) is 21.7 Å². The minimum absolute atomic E-state index is 0.0148. The van der Waals surface area contributed by atoms with Crippen LogP contribution in [-0.4, -0.2) is 28.5 Å². The van der Waals surface area contributed by atoms with Gasteiger partial charge < -0.3 is 10.4 Å². The zero-order valence-corrected chi connectivity index (χ0v) is 11.0. The van der Waals surface area contributed by atoms with Crippen LogP contribution in [0.2, 0.25) is 0 Å². The average Bonchev–Trinajstić information content (AvgIpc) is 2.89. The van der Waals surface area contributed by atoms with Crippen LogP contribution >= 0.6 is 23.1 Å². The summed E-state index contributed by atoms with van der Waals surface area (Å²) in [6.45, 7) is 1.81. The quantitative estimate of drug-likeness (QED) is 0.886. The lowest BCUT2D eigenvalue weighted by molar-refractivity contribution is -0.119. The highest BCUT2D eigenvalue weighted by molar-refractivity contribution is 7.99. The average molecular weight is 271 g/mol. The fourth-order valence-electron chi connectivity index (χ4n) is 1.72. The maximum absolute atomic E-state index is 11.9. The maximum Gasteiger partial charge on any atom is 0.348 e. The molecular formula is C11H13NO3S2. The normalized spacial score (nSPS) is 19.2. The van der Waals surface area contributed by atoms with Gasteiger partial charge in [0.05, 0.1) is 5.69 Å². The van der Waals surface area contributed by atoms with Gasteiger partial charge in [0, 0.05) is 11.7 Å². The van der Waals surface area contributed by atoms with Crippen molar-refractivity contribution in [2.75, 3.05) is 16.8 Å². The van der Waals surface area contributed by atoms with Crippen molar-refractivity contribution in [3.63, 3.8) is 0 Å². The molecule has 0 saturated carbocycles. The molecule has 2 N–H and O–H groups in total. The fourth-order valence-corrected chi connectivity index (χ4v) is 3.79. The molecule has 0 spiro atoms. The number of carboxylic acid groups (broad SMARTS) is 1. The van der Waals surface area contributed by atoms with E-state index in [0.29, 0.717) is 5.69 Å². The third-order valence-corrected chi connectivity index (χ3v) is 4.97. The fraction of sp³-hybridized carbons (Fsp3) is 0.455. The Morgan fingerprint density at radius 1 is 1.53 bits per heavy atom. The Morgan fingerprint density at radius 3 is 2.88 bits per heavy atom. The van der Waals surface area contributed by atoms with Gasteiger partial charge in [-0.05, 0) is 30.0 Å². The van der Waals surface area contributed by atoms with Crippen molar-refractivity contribution in [3.05, 3.63) is 15.8 Å². The third kappa shape index (κ3) is 2.63. The van der Waals surface area contributed by atoms with E-state index in [1.54, 1.807) is 17.1 Å². The van der Waals surface area contributed by atoms with Crippen molar-refractivity contribution in [3.8, 4) is 0 Å². The Bertz CT molecular complexity index is 450. The summed E-state index contributed by atoms with van der Waals surface area (Å²) in [4.78, 5) is 23.1. The number of rotatable bonds is 3. The van der Waals surface area contributed by atoms with Crippen LogP contribution in [0.3, 0.4) is 0 Å². The molecule has 0 aromatic carbocycles. The monoisotopic (exact) mass is 271 g/mol. The molecule has 1 saturated heterocycles. The highest BCUT2D eigenvalue weighted by Crippen LogP contribution is 2.30. The Hall–Kier alpha value is -1.01. The minimum atomic E-state index is -0.987. The second-order valence-corrected chi connectivity index (χ2v) is 6.01. The van der Waals surface area contributed by atoms with Crippen molar-refractivity contribution in [1.29, 1.82) is 0 Å². The summed E-state index contributed by atoms with van der Waals surface area (Å²) in [5.74, 6) is 0.809. The van der Waals surface area contributed by atoms with E-state index in [1.165, 1.54) is 0 Å².